The molecule has 2 aromatic heterocycles. The Morgan fingerprint density at radius 1 is 1.53 bits per heavy atom. The second-order valence-corrected chi connectivity index (χ2v) is 3.32. The fourth-order valence-corrected chi connectivity index (χ4v) is 1.28. The van der Waals surface area contributed by atoms with Gasteiger partial charge in [0.1, 0.15) is 5.82 Å². The minimum absolute atomic E-state index is 0.439. The molecule has 15 heavy (non-hydrogen) atoms. The molecule has 0 fully saturated rings. The molecule has 2 heterocycles. The van der Waals surface area contributed by atoms with E-state index in [2.05, 4.69) is 20.4 Å². The Labute approximate surface area is 91.5 Å². The van der Waals surface area contributed by atoms with Gasteiger partial charge in [0.2, 0.25) is 5.89 Å². The SMILES string of the molecule is Cc1nc(CNc2ncccc2Cl)no1. The molecule has 0 saturated carbocycles. The highest BCUT2D eigenvalue weighted by molar-refractivity contribution is 6.32. The molecular weight excluding hydrogens is 216 g/mol. The van der Waals surface area contributed by atoms with Gasteiger partial charge in [0.25, 0.3) is 0 Å². The Balaban J connectivity index is 2.02. The summed E-state index contributed by atoms with van der Waals surface area (Å²) in [6.07, 6.45) is 1.66. The van der Waals surface area contributed by atoms with Gasteiger partial charge in [-0.1, -0.05) is 16.8 Å². The van der Waals surface area contributed by atoms with Crippen molar-refractivity contribution in [1.29, 1.82) is 0 Å². The van der Waals surface area contributed by atoms with Gasteiger partial charge < -0.3 is 9.84 Å². The average Bonchev–Trinajstić information content (AvgIpc) is 2.63. The van der Waals surface area contributed by atoms with Gasteiger partial charge in [-0.15, -0.1) is 0 Å². The smallest absolute Gasteiger partial charge is 0.223 e. The van der Waals surface area contributed by atoms with Crippen LogP contribution in [0.25, 0.3) is 0 Å². The van der Waals surface area contributed by atoms with E-state index < -0.39 is 0 Å². The maximum atomic E-state index is 5.91. The lowest BCUT2D eigenvalue weighted by Crippen LogP contribution is -2.03. The third-order valence-electron chi connectivity index (χ3n) is 1.74. The van der Waals surface area contributed by atoms with Crippen molar-refractivity contribution in [3.63, 3.8) is 0 Å². The lowest BCUT2D eigenvalue weighted by Gasteiger charge is -2.03. The number of aryl methyl sites for hydroxylation is 1. The molecule has 78 valence electrons. The van der Waals surface area contributed by atoms with Crippen LogP contribution in [0.3, 0.4) is 0 Å². The van der Waals surface area contributed by atoms with Gasteiger partial charge in [-0.3, -0.25) is 0 Å². The monoisotopic (exact) mass is 224 g/mol. The Morgan fingerprint density at radius 2 is 2.40 bits per heavy atom. The molecule has 0 aliphatic rings. The third kappa shape index (κ3) is 2.44. The number of hydrogen-bond donors (Lipinski definition) is 1. The van der Waals surface area contributed by atoms with Crippen LogP contribution in [0.15, 0.2) is 22.9 Å². The summed E-state index contributed by atoms with van der Waals surface area (Å²) >= 11 is 5.91. The Hall–Kier alpha value is -1.62. The molecule has 5 nitrogen and oxygen atoms in total. The number of rotatable bonds is 3. The maximum Gasteiger partial charge on any atom is 0.223 e. The van der Waals surface area contributed by atoms with Gasteiger partial charge in [-0.05, 0) is 12.1 Å². The molecule has 0 bridgehead atoms. The summed E-state index contributed by atoms with van der Waals surface area (Å²) in [6, 6.07) is 3.53. The van der Waals surface area contributed by atoms with E-state index in [1.165, 1.54) is 0 Å². The highest BCUT2D eigenvalue weighted by atomic mass is 35.5. The number of hydrogen-bond acceptors (Lipinski definition) is 5. The van der Waals surface area contributed by atoms with E-state index in [0.717, 1.165) is 0 Å². The van der Waals surface area contributed by atoms with E-state index in [9.17, 15) is 0 Å². The highest BCUT2D eigenvalue weighted by Gasteiger charge is 2.04. The third-order valence-corrected chi connectivity index (χ3v) is 2.05. The van der Waals surface area contributed by atoms with Crippen LogP contribution < -0.4 is 5.32 Å². The van der Waals surface area contributed by atoms with E-state index in [1.54, 1.807) is 25.3 Å². The molecule has 0 amide bonds. The Kier molecular flexibility index (Phi) is 2.82. The first-order valence-corrected chi connectivity index (χ1v) is 4.77. The summed E-state index contributed by atoms with van der Waals surface area (Å²) in [5.41, 5.74) is 0. The van der Waals surface area contributed by atoms with Gasteiger partial charge in [0, 0.05) is 13.1 Å². The van der Waals surface area contributed by atoms with Crippen molar-refractivity contribution >= 4 is 17.4 Å². The van der Waals surface area contributed by atoms with Crippen molar-refractivity contribution in [2.75, 3.05) is 5.32 Å². The first-order chi connectivity index (χ1) is 7.25. The largest absolute Gasteiger partial charge is 0.361 e. The minimum Gasteiger partial charge on any atom is -0.361 e. The van der Waals surface area contributed by atoms with Crippen LogP contribution in [-0.2, 0) is 6.54 Å². The van der Waals surface area contributed by atoms with Crippen molar-refractivity contribution in [2.24, 2.45) is 0 Å². The normalized spacial score (nSPS) is 10.3. The Morgan fingerprint density at radius 3 is 3.07 bits per heavy atom. The standard InChI is InChI=1S/C9H9ClN4O/c1-6-13-8(14-15-6)5-12-9-7(10)3-2-4-11-9/h2-4H,5H2,1H3,(H,11,12). The van der Waals surface area contributed by atoms with Gasteiger partial charge in [0.15, 0.2) is 5.82 Å². The molecule has 1 N–H and O–H groups in total. The average molecular weight is 225 g/mol. The quantitative estimate of drug-likeness (QED) is 0.864. The van der Waals surface area contributed by atoms with E-state index in [-0.39, 0.29) is 0 Å². The first-order valence-electron chi connectivity index (χ1n) is 4.39. The number of halogens is 1. The van der Waals surface area contributed by atoms with Gasteiger partial charge in [0.05, 0.1) is 11.6 Å². The van der Waals surface area contributed by atoms with Crippen molar-refractivity contribution in [2.45, 2.75) is 13.5 Å². The molecule has 0 spiro atoms. The van der Waals surface area contributed by atoms with Crippen molar-refractivity contribution < 1.29 is 4.52 Å². The van der Waals surface area contributed by atoms with Crippen molar-refractivity contribution in [3.8, 4) is 0 Å². The zero-order chi connectivity index (χ0) is 10.7. The molecule has 2 rings (SSSR count). The second-order valence-electron chi connectivity index (χ2n) is 2.92. The topological polar surface area (TPSA) is 63.8 Å². The number of aromatic nitrogens is 3. The lowest BCUT2D eigenvalue weighted by molar-refractivity contribution is 0.388. The predicted octanol–water partition coefficient (Wildman–Crippen LogP) is 2.04. The molecule has 0 atom stereocenters. The van der Waals surface area contributed by atoms with E-state index >= 15 is 0 Å². The molecule has 0 radical (unpaired) electrons. The van der Waals surface area contributed by atoms with Crippen LogP contribution in [0.1, 0.15) is 11.7 Å². The van der Waals surface area contributed by atoms with Crippen LogP contribution in [0.5, 0.6) is 0 Å². The zero-order valence-electron chi connectivity index (χ0n) is 8.07. The molecular formula is C9H9ClN4O. The fraction of sp³-hybridized carbons (Fsp3) is 0.222. The summed E-state index contributed by atoms with van der Waals surface area (Å²) in [6.45, 7) is 2.18. The van der Waals surface area contributed by atoms with Crippen LogP contribution in [0.4, 0.5) is 5.82 Å². The molecule has 2 aromatic rings. The highest BCUT2D eigenvalue weighted by Crippen LogP contribution is 2.17. The van der Waals surface area contributed by atoms with E-state index in [4.69, 9.17) is 16.1 Å². The summed E-state index contributed by atoms with van der Waals surface area (Å²) in [5, 5.41) is 7.32. The maximum absolute atomic E-state index is 5.91. The molecule has 0 aliphatic carbocycles. The van der Waals surface area contributed by atoms with Crippen LogP contribution in [-0.4, -0.2) is 15.1 Å². The Bertz CT molecular complexity index is 457. The summed E-state index contributed by atoms with van der Waals surface area (Å²) in [4.78, 5) is 8.12. The molecule has 0 unspecified atom stereocenters. The number of nitrogens with one attached hydrogen (secondary N) is 1. The summed E-state index contributed by atoms with van der Waals surface area (Å²) in [5.74, 6) is 1.73. The van der Waals surface area contributed by atoms with Crippen molar-refractivity contribution in [1.82, 2.24) is 15.1 Å². The summed E-state index contributed by atoms with van der Waals surface area (Å²) in [7, 11) is 0. The second kappa shape index (κ2) is 4.27. The first kappa shape index (κ1) is 9.92. The fourth-order valence-electron chi connectivity index (χ4n) is 1.09. The molecule has 0 aromatic carbocycles. The van der Waals surface area contributed by atoms with Gasteiger partial charge in [-0.2, -0.15) is 4.98 Å². The number of pyridine rings is 1. The predicted molar refractivity (Wildman–Crippen MR) is 55.6 cm³/mol. The number of nitrogens with zero attached hydrogens (tertiary/aromatic N) is 3. The van der Waals surface area contributed by atoms with Crippen LogP contribution in [0, 0.1) is 6.92 Å². The lowest BCUT2D eigenvalue weighted by atomic mass is 10.4. The number of anilines is 1. The molecule has 0 aliphatic heterocycles. The van der Waals surface area contributed by atoms with Crippen LogP contribution >= 0.6 is 11.6 Å². The van der Waals surface area contributed by atoms with Gasteiger partial charge in [-0.25, -0.2) is 4.98 Å². The van der Waals surface area contributed by atoms with Gasteiger partial charge >= 0.3 is 0 Å². The zero-order valence-corrected chi connectivity index (χ0v) is 8.82. The molecule has 0 saturated heterocycles. The van der Waals surface area contributed by atoms with E-state index in [0.29, 0.717) is 29.1 Å². The minimum atomic E-state index is 0.439. The van der Waals surface area contributed by atoms with Crippen LogP contribution in [0.2, 0.25) is 5.02 Å². The summed E-state index contributed by atoms with van der Waals surface area (Å²) < 4.78 is 4.83. The van der Waals surface area contributed by atoms with E-state index in [1.807, 2.05) is 0 Å². The van der Waals surface area contributed by atoms with Crippen molar-refractivity contribution in [3.05, 3.63) is 35.1 Å². The molecule has 6 heteroatoms.